The molecule has 62 valence electrons. The van der Waals surface area contributed by atoms with Crippen LogP contribution in [0.3, 0.4) is 0 Å². The molecule has 0 radical (unpaired) electrons. The number of rotatable bonds is 4. The summed E-state index contributed by atoms with van der Waals surface area (Å²) in [7, 11) is 0. The lowest BCUT2D eigenvalue weighted by Gasteiger charge is -2.05. The van der Waals surface area contributed by atoms with Gasteiger partial charge in [0.15, 0.2) is 0 Å². The fourth-order valence-corrected chi connectivity index (χ4v) is 0.573. The van der Waals surface area contributed by atoms with Gasteiger partial charge in [-0.05, 0) is 6.42 Å². The van der Waals surface area contributed by atoms with Crippen molar-refractivity contribution in [1.29, 1.82) is 0 Å². The van der Waals surface area contributed by atoms with Crippen LogP contribution in [-0.4, -0.2) is 24.7 Å². The lowest BCUT2D eigenvalue weighted by molar-refractivity contribution is -0.173. The minimum atomic E-state index is -4.19. The highest BCUT2D eigenvalue weighted by Crippen LogP contribution is 2.14. The highest BCUT2D eigenvalue weighted by Gasteiger charge is 2.26. The Hall–Kier alpha value is 0.230. The minimum Gasteiger partial charge on any atom is -0.372 e. The summed E-state index contributed by atoms with van der Waals surface area (Å²) in [6.45, 7) is -0.981. The van der Waals surface area contributed by atoms with Gasteiger partial charge < -0.3 is 4.74 Å². The van der Waals surface area contributed by atoms with E-state index in [9.17, 15) is 13.2 Å². The van der Waals surface area contributed by atoms with Crippen molar-refractivity contribution in [3.05, 3.63) is 0 Å². The number of hydrogen-bond donors (Lipinski definition) is 0. The number of halogens is 4. The van der Waals surface area contributed by atoms with Crippen molar-refractivity contribution in [3.63, 3.8) is 0 Å². The van der Waals surface area contributed by atoms with Crippen molar-refractivity contribution >= 4 is 15.9 Å². The van der Waals surface area contributed by atoms with Gasteiger partial charge in [0.25, 0.3) is 0 Å². The van der Waals surface area contributed by atoms with Gasteiger partial charge in [-0.15, -0.1) is 0 Å². The van der Waals surface area contributed by atoms with E-state index in [4.69, 9.17) is 0 Å². The molecule has 0 rings (SSSR count). The Bertz CT molecular complexity index is 83.5. The zero-order valence-electron chi connectivity index (χ0n) is 5.25. The molecule has 0 aromatic rings. The Kier molecular flexibility index (Phi) is 5.07. The van der Waals surface area contributed by atoms with Gasteiger partial charge in [-0.2, -0.15) is 13.2 Å². The number of ether oxygens (including phenoxy) is 1. The van der Waals surface area contributed by atoms with E-state index in [1.54, 1.807) is 0 Å². The molecule has 0 aromatic heterocycles. The first kappa shape index (κ1) is 10.2. The average molecular weight is 221 g/mol. The average Bonchev–Trinajstić information content (AvgIpc) is 1.78. The third-order valence-electron chi connectivity index (χ3n) is 0.688. The highest BCUT2D eigenvalue weighted by molar-refractivity contribution is 9.09. The van der Waals surface area contributed by atoms with E-state index in [0.29, 0.717) is 11.8 Å². The van der Waals surface area contributed by atoms with Gasteiger partial charge in [-0.3, -0.25) is 0 Å². The summed E-state index contributed by atoms with van der Waals surface area (Å²) in [6.07, 6.45) is -3.58. The maximum atomic E-state index is 11.3. The molecule has 0 aromatic carbocycles. The predicted octanol–water partition coefficient (Wildman–Crippen LogP) is 2.35. The van der Waals surface area contributed by atoms with Crippen LogP contribution in [0, 0.1) is 0 Å². The molecule has 0 atom stereocenters. The summed E-state index contributed by atoms with van der Waals surface area (Å²) in [6, 6.07) is 0. The normalized spacial score (nSPS) is 12.0. The fourth-order valence-electron chi connectivity index (χ4n) is 0.345. The monoisotopic (exact) mass is 220 g/mol. The van der Waals surface area contributed by atoms with Gasteiger partial charge >= 0.3 is 6.18 Å². The third-order valence-corrected chi connectivity index (χ3v) is 1.25. The van der Waals surface area contributed by atoms with Gasteiger partial charge in [0.05, 0.1) is 0 Å². The fraction of sp³-hybridized carbons (Fsp3) is 1.00. The summed E-state index contributed by atoms with van der Waals surface area (Å²) in [4.78, 5) is 0. The molecule has 0 saturated heterocycles. The lowest BCUT2D eigenvalue weighted by Crippen LogP contribution is -2.17. The molecule has 10 heavy (non-hydrogen) atoms. The lowest BCUT2D eigenvalue weighted by atomic mass is 10.5. The van der Waals surface area contributed by atoms with E-state index in [2.05, 4.69) is 20.7 Å². The van der Waals surface area contributed by atoms with Crippen LogP contribution in [0.4, 0.5) is 13.2 Å². The van der Waals surface area contributed by atoms with Crippen LogP contribution in [0.5, 0.6) is 0 Å². The predicted molar refractivity (Wildman–Crippen MR) is 35.3 cm³/mol. The van der Waals surface area contributed by atoms with Gasteiger partial charge in [-0.1, -0.05) is 15.9 Å². The first-order chi connectivity index (χ1) is 4.56. The SMILES string of the molecule is FC(F)(F)COCCCBr. The van der Waals surface area contributed by atoms with Crippen molar-refractivity contribution in [2.24, 2.45) is 0 Å². The third kappa shape index (κ3) is 8.23. The minimum absolute atomic E-state index is 0.157. The van der Waals surface area contributed by atoms with E-state index in [1.807, 2.05) is 0 Å². The molecule has 0 amide bonds. The van der Waals surface area contributed by atoms with Crippen LogP contribution >= 0.6 is 15.9 Å². The molecular formula is C5H8BrF3O. The van der Waals surface area contributed by atoms with Crippen LogP contribution in [-0.2, 0) is 4.74 Å². The van der Waals surface area contributed by atoms with E-state index < -0.39 is 12.8 Å². The molecule has 0 aliphatic rings. The largest absolute Gasteiger partial charge is 0.411 e. The first-order valence-corrected chi connectivity index (χ1v) is 3.89. The Morgan fingerprint density at radius 1 is 1.30 bits per heavy atom. The molecule has 0 unspecified atom stereocenters. The van der Waals surface area contributed by atoms with Crippen molar-refractivity contribution in [2.45, 2.75) is 12.6 Å². The Morgan fingerprint density at radius 2 is 1.90 bits per heavy atom. The maximum absolute atomic E-state index is 11.3. The molecule has 0 aliphatic carbocycles. The molecule has 0 spiro atoms. The van der Waals surface area contributed by atoms with Gasteiger partial charge in [-0.25, -0.2) is 0 Å². The van der Waals surface area contributed by atoms with Crippen molar-refractivity contribution in [1.82, 2.24) is 0 Å². The molecule has 0 saturated carbocycles. The summed E-state index contributed by atoms with van der Waals surface area (Å²) in [5.74, 6) is 0. The van der Waals surface area contributed by atoms with Gasteiger partial charge in [0.1, 0.15) is 6.61 Å². The second-order valence-electron chi connectivity index (χ2n) is 1.71. The Labute approximate surface area is 65.7 Å². The second kappa shape index (κ2) is 4.96. The zero-order valence-corrected chi connectivity index (χ0v) is 6.83. The maximum Gasteiger partial charge on any atom is 0.411 e. The molecule has 0 aliphatic heterocycles. The molecule has 0 fully saturated rings. The highest BCUT2D eigenvalue weighted by atomic mass is 79.9. The number of alkyl halides is 4. The molecule has 0 bridgehead atoms. The summed E-state index contributed by atoms with van der Waals surface area (Å²) in [5.41, 5.74) is 0. The number of hydrogen-bond acceptors (Lipinski definition) is 1. The molecule has 0 N–H and O–H groups in total. The molecular weight excluding hydrogens is 213 g/mol. The van der Waals surface area contributed by atoms with Gasteiger partial charge in [0, 0.05) is 11.9 Å². The topological polar surface area (TPSA) is 9.23 Å². The summed E-state index contributed by atoms with van der Waals surface area (Å²) < 4.78 is 38.3. The van der Waals surface area contributed by atoms with Crippen LogP contribution in [0.15, 0.2) is 0 Å². The van der Waals surface area contributed by atoms with E-state index in [1.165, 1.54) is 0 Å². The van der Waals surface area contributed by atoms with Crippen LogP contribution in [0.2, 0.25) is 0 Å². The second-order valence-corrected chi connectivity index (χ2v) is 2.50. The van der Waals surface area contributed by atoms with Crippen LogP contribution in [0.1, 0.15) is 6.42 Å². The quantitative estimate of drug-likeness (QED) is 0.523. The first-order valence-electron chi connectivity index (χ1n) is 2.77. The zero-order chi connectivity index (χ0) is 8.04. The Morgan fingerprint density at radius 3 is 2.30 bits per heavy atom. The van der Waals surface area contributed by atoms with Crippen LogP contribution < -0.4 is 0 Å². The van der Waals surface area contributed by atoms with E-state index in [-0.39, 0.29) is 6.61 Å². The van der Waals surface area contributed by atoms with Crippen molar-refractivity contribution < 1.29 is 17.9 Å². The summed E-state index contributed by atoms with van der Waals surface area (Å²) >= 11 is 3.07. The van der Waals surface area contributed by atoms with E-state index >= 15 is 0 Å². The van der Waals surface area contributed by atoms with Crippen LogP contribution in [0.25, 0.3) is 0 Å². The van der Waals surface area contributed by atoms with Crippen molar-refractivity contribution in [2.75, 3.05) is 18.5 Å². The van der Waals surface area contributed by atoms with Crippen molar-refractivity contribution in [3.8, 4) is 0 Å². The molecule has 0 heterocycles. The smallest absolute Gasteiger partial charge is 0.372 e. The Balaban J connectivity index is 3.04. The van der Waals surface area contributed by atoms with Gasteiger partial charge in [0.2, 0.25) is 0 Å². The standard InChI is InChI=1S/C5H8BrF3O/c6-2-1-3-10-4-5(7,8)9/h1-4H2. The molecule has 5 heteroatoms. The molecule has 1 nitrogen and oxygen atoms in total. The van der Waals surface area contributed by atoms with E-state index in [0.717, 1.165) is 0 Å². The summed E-state index contributed by atoms with van der Waals surface area (Å²) in [5, 5.41) is 0.671.